The summed E-state index contributed by atoms with van der Waals surface area (Å²) in [5.41, 5.74) is 2.68. The Bertz CT molecular complexity index is 505. The molecule has 0 saturated carbocycles. The van der Waals surface area contributed by atoms with Crippen LogP contribution in [0.4, 0.5) is 0 Å². The summed E-state index contributed by atoms with van der Waals surface area (Å²) in [5.74, 6) is 0. The smallest absolute Gasteiger partial charge is 0.328 e. The van der Waals surface area contributed by atoms with Crippen molar-refractivity contribution >= 4 is 18.0 Å². The van der Waals surface area contributed by atoms with Gasteiger partial charge >= 0.3 is 6.85 Å². The molecule has 2 rings (SSSR count). The molecule has 2 aromatic heterocycles. The minimum atomic E-state index is 0.287. The van der Waals surface area contributed by atoms with Crippen LogP contribution >= 0.6 is 0 Å². The molecule has 0 aliphatic rings. The molecule has 0 amide bonds. The van der Waals surface area contributed by atoms with Gasteiger partial charge in [-0.25, -0.2) is 0 Å². The van der Waals surface area contributed by atoms with E-state index in [9.17, 15) is 0 Å². The molecule has 2 heterocycles. The van der Waals surface area contributed by atoms with Crippen LogP contribution in [0.15, 0.2) is 36.7 Å². The number of aromatic nitrogens is 2. The van der Waals surface area contributed by atoms with E-state index < -0.39 is 0 Å². The first kappa shape index (κ1) is 15.0. The topological polar surface area (TPSA) is 13.1 Å². The minimum Gasteiger partial charge on any atom is -0.361 e. The molecule has 0 saturated heterocycles. The Morgan fingerprint density at radius 2 is 1.25 bits per heavy atom. The zero-order valence-electron chi connectivity index (χ0n) is 13.5. The highest BCUT2D eigenvalue weighted by molar-refractivity contribution is 6.82. The Morgan fingerprint density at radius 3 is 1.50 bits per heavy atom. The third kappa shape index (κ3) is 2.71. The monoisotopic (exact) mass is 271 g/mol. The normalized spacial score (nSPS) is 11.8. The molecule has 0 aromatic carbocycles. The summed E-state index contributed by atoms with van der Waals surface area (Å²) in [6, 6.07) is 9.70. The van der Waals surface area contributed by atoms with Crippen molar-refractivity contribution in [2.24, 2.45) is 14.1 Å². The summed E-state index contributed by atoms with van der Waals surface area (Å²) in [7, 11) is 4.26. The van der Waals surface area contributed by atoms with Gasteiger partial charge in [-0.15, -0.1) is 0 Å². The van der Waals surface area contributed by atoms with Crippen LogP contribution in [0, 0.1) is 0 Å². The molecule has 4 heteroatoms. The Balaban J connectivity index is 2.55. The van der Waals surface area contributed by atoms with Crippen LogP contribution in [0.3, 0.4) is 0 Å². The van der Waals surface area contributed by atoms with Gasteiger partial charge in [0.2, 0.25) is 0 Å². The predicted octanol–water partition coefficient (Wildman–Crippen LogP) is 1.59. The maximum atomic E-state index is 2.57. The molecule has 20 heavy (non-hydrogen) atoms. The van der Waals surface area contributed by atoms with Crippen LogP contribution in [0.25, 0.3) is 0 Å². The maximum Gasteiger partial charge on any atom is 0.328 e. The first-order valence-corrected chi connectivity index (χ1v) is 7.43. The van der Waals surface area contributed by atoms with Crippen molar-refractivity contribution in [3.05, 3.63) is 36.7 Å². The molecular formula is C16H26BN3. The van der Waals surface area contributed by atoms with Crippen molar-refractivity contribution < 1.29 is 0 Å². The summed E-state index contributed by atoms with van der Waals surface area (Å²) in [6.07, 6.45) is 4.26. The average molecular weight is 271 g/mol. The van der Waals surface area contributed by atoms with E-state index in [2.05, 4.69) is 92.4 Å². The molecule has 0 aliphatic heterocycles. The molecule has 0 bridgehead atoms. The Kier molecular flexibility index (Phi) is 4.43. The van der Waals surface area contributed by atoms with E-state index in [0.717, 1.165) is 0 Å². The molecule has 3 nitrogen and oxygen atoms in total. The van der Waals surface area contributed by atoms with Crippen LogP contribution in [0.1, 0.15) is 27.7 Å². The van der Waals surface area contributed by atoms with E-state index in [0.29, 0.717) is 12.1 Å². The number of aryl methyl sites for hydroxylation is 2. The lowest BCUT2D eigenvalue weighted by Crippen LogP contribution is -2.63. The molecule has 0 radical (unpaired) electrons. The summed E-state index contributed by atoms with van der Waals surface area (Å²) in [4.78, 5) is 2.57. The first-order valence-electron chi connectivity index (χ1n) is 7.43. The van der Waals surface area contributed by atoms with Crippen molar-refractivity contribution in [2.75, 3.05) is 0 Å². The third-order valence-corrected chi connectivity index (χ3v) is 4.02. The lowest BCUT2D eigenvalue weighted by Gasteiger charge is -2.37. The number of hydrogen-bond donors (Lipinski definition) is 0. The van der Waals surface area contributed by atoms with Gasteiger partial charge in [-0.05, 0) is 36.3 Å². The fourth-order valence-corrected chi connectivity index (χ4v) is 3.17. The molecule has 0 spiro atoms. The van der Waals surface area contributed by atoms with E-state index >= 15 is 0 Å². The van der Waals surface area contributed by atoms with E-state index in [-0.39, 0.29) is 6.85 Å². The summed E-state index contributed by atoms with van der Waals surface area (Å²) in [5, 5.41) is 0. The van der Waals surface area contributed by atoms with Crippen molar-refractivity contribution in [1.82, 2.24) is 13.9 Å². The highest BCUT2D eigenvalue weighted by atomic mass is 15.1. The SMILES string of the molecule is CC(C)N(B(c1cccn1C)c1cccn1C)C(C)C. The maximum absolute atomic E-state index is 2.57. The fraction of sp³-hybridized carbons (Fsp3) is 0.500. The number of nitrogens with zero attached hydrogens (tertiary/aromatic N) is 3. The second-order valence-corrected chi connectivity index (χ2v) is 6.13. The summed E-state index contributed by atoms with van der Waals surface area (Å²) in [6.45, 7) is 9.39. The molecule has 0 aliphatic carbocycles. The Hall–Kier alpha value is -1.42. The summed E-state index contributed by atoms with van der Waals surface area (Å²) >= 11 is 0. The van der Waals surface area contributed by atoms with E-state index in [1.165, 1.54) is 11.2 Å². The third-order valence-electron chi connectivity index (χ3n) is 4.02. The lowest BCUT2D eigenvalue weighted by atomic mass is 9.52. The largest absolute Gasteiger partial charge is 0.361 e. The lowest BCUT2D eigenvalue weighted by molar-refractivity contribution is 0.309. The van der Waals surface area contributed by atoms with Crippen LogP contribution in [0.5, 0.6) is 0 Å². The Morgan fingerprint density at radius 1 is 0.850 bits per heavy atom. The molecule has 0 fully saturated rings. The van der Waals surface area contributed by atoms with Gasteiger partial charge in [0.15, 0.2) is 0 Å². The standard InChI is InChI=1S/C16H26BN3/c1-13(2)20(14(3)4)17(15-9-7-11-18(15)5)16-10-8-12-19(16)6/h7-14H,1-6H3. The molecule has 0 unspecified atom stereocenters. The van der Waals surface area contributed by atoms with Crippen molar-refractivity contribution in [3.63, 3.8) is 0 Å². The van der Waals surface area contributed by atoms with Gasteiger partial charge in [0.25, 0.3) is 0 Å². The number of hydrogen-bond acceptors (Lipinski definition) is 1. The highest BCUT2D eigenvalue weighted by Gasteiger charge is 2.34. The zero-order valence-corrected chi connectivity index (χ0v) is 13.5. The van der Waals surface area contributed by atoms with Gasteiger partial charge in [0.05, 0.1) is 0 Å². The van der Waals surface area contributed by atoms with E-state index in [1.807, 2.05) is 0 Å². The van der Waals surface area contributed by atoms with Gasteiger partial charge in [-0.2, -0.15) is 0 Å². The van der Waals surface area contributed by atoms with Gasteiger partial charge in [0, 0.05) is 37.7 Å². The predicted molar refractivity (Wildman–Crippen MR) is 88.0 cm³/mol. The van der Waals surface area contributed by atoms with Gasteiger partial charge < -0.3 is 13.9 Å². The molecule has 108 valence electrons. The van der Waals surface area contributed by atoms with Gasteiger partial charge in [-0.3, -0.25) is 0 Å². The summed E-state index contributed by atoms with van der Waals surface area (Å²) < 4.78 is 4.46. The zero-order chi connectivity index (χ0) is 14.9. The van der Waals surface area contributed by atoms with E-state index in [1.54, 1.807) is 0 Å². The second-order valence-electron chi connectivity index (χ2n) is 6.13. The fourth-order valence-electron chi connectivity index (χ4n) is 3.17. The van der Waals surface area contributed by atoms with E-state index in [4.69, 9.17) is 0 Å². The highest BCUT2D eigenvalue weighted by Crippen LogP contribution is 2.09. The second kappa shape index (κ2) is 5.92. The van der Waals surface area contributed by atoms with Crippen LogP contribution in [0.2, 0.25) is 0 Å². The van der Waals surface area contributed by atoms with Crippen LogP contribution < -0.4 is 11.2 Å². The first-order chi connectivity index (χ1) is 9.43. The average Bonchev–Trinajstić information content (AvgIpc) is 2.94. The number of rotatable bonds is 5. The quantitative estimate of drug-likeness (QED) is 0.753. The minimum absolute atomic E-state index is 0.287. The van der Waals surface area contributed by atoms with Crippen molar-refractivity contribution in [3.8, 4) is 0 Å². The van der Waals surface area contributed by atoms with Gasteiger partial charge in [0.1, 0.15) is 0 Å². The Labute approximate surface area is 123 Å². The van der Waals surface area contributed by atoms with Crippen LogP contribution in [-0.4, -0.2) is 32.9 Å². The van der Waals surface area contributed by atoms with Crippen LogP contribution in [-0.2, 0) is 14.1 Å². The van der Waals surface area contributed by atoms with Crippen molar-refractivity contribution in [1.29, 1.82) is 0 Å². The molecule has 0 N–H and O–H groups in total. The van der Waals surface area contributed by atoms with Gasteiger partial charge in [-0.1, -0.05) is 27.7 Å². The molecule has 0 atom stereocenters. The molecular weight excluding hydrogens is 245 g/mol. The van der Waals surface area contributed by atoms with Crippen molar-refractivity contribution in [2.45, 2.75) is 39.8 Å². The molecule has 2 aromatic rings.